The molecule has 0 saturated heterocycles. The number of fused-ring (bicyclic) bond motifs is 2. The van der Waals surface area contributed by atoms with Gasteiger partial charge in [-0.3, -0.25) is 9.59 Å². The van der Waals surface area contributed by atoms with E-state index in [0.29, 0.717) is 16.9 Å². The quantitative estimate of drug-likeness (QED) is 0.459. The van der Waals surface area contributed by atoms with Crippen LogP contribution in [0.5, 0.6) is 0 Å². The molecule has 5 rings (SSSR count). The third-order valence-corrected chi connectivity index (χ3v) is 5.62. The number of hydrogen-bond acceptors (Lipinski definition) is 2. The minimum Gasteiger partial charge on any atom is -0.326 e. The van der Waals surface area contributed by atoms with Crippen LogP contribution in [-0.4, -0.2) is 11.8 Å². The van der Waals surface area contributed by atoms with Crippen LogP contribution < -0.4 is 10.6 Å². The van der Waals surface area contributed by atoms with E-state index in [1.165, 1.54) is 0 Å². The molecule has 0 bridgehead atoms. The number of carbonyl (C=O) groups excluding carboxylic acids is 2. The van der Waals surface area contributed by atoms with E-state index < -0.39 is 11.8 Å². The number of nitrogens with one attached hydrogen (secondary N) is 2. The van der Waals surface area contributed by atoms with Crippen molar-refractivity contribution >= 4 is 44.7 Å². The minimum absolute atomic E-state index is 0.200. The third-order valence-electron chi connectivity index (χ3n) is 5.62. The molecule has 2 amide bonds. The Morgan fingerprint density at radius 1 is 0.600 bits per heavy atom. The lowest BCUT2D eigenvalue weighted by Gasteiger charge is -2.07. The van der Waals surface area contributed by atoms with Crippen molar-refractivity contribution in [3.05, 3.63) is 97.1 Å². The van der Waals surface area contributed by atoms with Crippen molar-refractivity contribution < 1.29 is 9.59 Å². The molecule has 1 aliphatic rings. The highest BCUT2D eigenvalue weighted by Gasteiger charge is 2.52. The van der Waals surface area contributed by atoms with Gasteiger partial charge in [0.2, 0.25) is 11.8 Å². The first-order valence-electron chi connectivity index (χ1n) is 9.88. The van der Waals surface area contributed by atoms with Gasteiger partial charge in [0.25, 0.3) is 0 Å². The molecule has 2 N–H and O–H groups in total. The van der Waals surface area contributed by atoms with Crippen molar-refractivity contribution in [3.8, 4) is 0 Å². The Balaban J connectivity index is 1.27. The fourth-order valence-electron chi connectivity index (χ4n) is 3.93. The first-order chi connectivity index (χ1) is 14.6. The van der Waals surface area contributed by atoms with Crippen molar-refractivity contribution in [3.63, 3.8) is 0 Å². The number of benzene rings is 4. The van der Waals surface area contributed by atoms with Crippen LogP contribution >= 0.6 is 0 Å². The molecule has 0 heterocycles. The zero-order valence-corrected chi connectivity index (χ0v) is 16.3. The van der Waals surface area contributed by atoms with Gasteiger partial charge >= 0.3 is 0 Å². The van der Waals surface area contributed by atoms with Gasteiger partial charge < -0.3 is 10.6 Å². The summed E-state index contributed by atoms with van der Waals surface area (Å²) in [6, 6.07) is 27.5. The fourth-order valence-corrected chi connectivity index (χ4v) is 3.93. The molecule has 1 fully saturated rings. The van der Waals surface area contributed by atoms with Crippen molar-refractivity contribution in [1.29, 1.82) is 0 Å². The van der Waals surface area contributed by atoms with Crippen molar-refractivity contribution in [2.24, 2.45) is 11.8 Å². The summed E-state index contributed by atoms with van der Waals surface area (Å²) in [6.07, 6.45) is 0. The predicted molar refractivity (Wildman–Crippen MR) is 121 cm³/mol. The van der Waals surface area contributed by atoms with Gasteiger partial charge in [-0.1, -0.05) is 72.8 Å². The maximum absolute atomic E-state index is 12.7. The molecule has 0 aromatic heterocycles. The molecule has 0 radical (unpaired) electrons. The van der Waals surface area contributed by atoms with E-state index in [2.05, 4.69) is 17.2 Å². The smallest absolute Gasteiger partial charge is 0.232 e. The average molecular weight is 392 g/mol. The van der Waals surface area contributed by atoms with E-state index in [1.54, 1.807) is 0 Å². The van der Waals surface area contributed by atoms with Crippen LogP contribution in [0.3, 0.4) is 0 Å². The standard InChI is InChI=1S/C26H20N2O2/c1-16-23(25(29)27-21-12-10-17-6-2-4-8-19(17)14-21)24(16)26(30)28-22-13-11-18-7-3-5-9-20(18)15-22/h2-15,23-24H,1H2,(H,27,29)(H,28,30). The molecule has 2 unspecified atom stereocenters. The van der Waals surface area contributed by atoms with Crippen molar-refractivity contribution in [2.75, 3.05) is 10.6 Å². The molecular formula is C26H20N2O2. The summed E-state index contributed by atoms with van der Waals surface area (Å²) in [5.74, 6) is -1.41. The van der Waals surface area contributed by atoms with Crippen LogP contribution in [0, 0.1) is 11.8 Å². The molecule has 4 aromatic rings. The van der Waals surface area contributed by atoms with Gasteiger partial charge in [0.15, 0.2) is 0 Å². The lowest BCUT2D eigenvalue weighted by Crippen LogP contribution is -2.20. The summed E-state index contributed by atoms with van der Waals surface area (Å²) >= 11 is 0. The van der Waals surface area contributed by atoms with E-state index in [-0.39, 0.29) is 11.8 Å². The van der Waals surface area contributed by atoms with Gasteiger partial charge in [-0.2, -0.15) is 0 Å². The van der Waals surface area contributed by atoms with E-state index in [1.807, 2.05) is 84.9 Å². The second-order valence-corrected chi connectivity index (χ2v) is 7.63. The van der Waals surface area contributed by atoms with Crippen LogP contribution in [0.4, 0.5) is 11.4 Å². The lowest BCUT2D eigenvalue weighted by molar-refractivity contribution is -0.122. The zero-order valence-electron chi connectivity index (χ0n) is 16.3. The molecule has 146 valence electrons. The number of hydrogen-bond donors (Lipinski definition) is 2. The number of amides is 2. The Kier molecular flexibility index (Phi) is 4.32. The number of rotatable bonds is 4. The fraction of sp³-hybridized carbons (Fsp3) is 0.0769. The summed E-state index contributed by atoms with van der Waals surface area (Å²) < 4.78 is 0. The van der Waals surface area contributed by atoms with Crippen molar-refractivity contribution in [1.82, 2.24) is 0 Å². The second-order valence-electron chi connectivity index (χ2n) is 7.63. The van der Waals surface area contributed by atoms with Crippen LogP contribution in [0.2, 0.25) is 0 Å². The SMILES string of the molecule is C=C1C(C(=O)Nc2ccc3ccccc3c2)C1C(=O)Nc1ccc2ccccc2c1. The molecular weight excluding hydrogens is 372 g/mol. The van der Waals surface area contributed by atoms with E-state index in [9.17, 15) is 9.59 Å². The Morgan fingerprint density at radius 2 is 1.00 bits per heavy atom. The molecule has 0 aliphatic heterocycles. The van der Waals surface area contributed by atoms with E-state index in [4.69, 9.17) is 0 Å². The van der Waals surface area contributed by atoms with Crippen LogP contribution in [0.25, 0.3) is 21.5 Å². The minimum atomic E-state index is -0.503. The molecule has 4 nitrogen and oxygen atoms in total. The van der Waals surface area contributed by atoms with Crippen LogP contribution in [0.1, 0.15) is 0 Å². The Bertz CT molecular complexity index is 1220. The van der Waals surface area contributed by atoms with Crippen molar-refractivity contribution in [2.45, 2.75) is 0 Å². The number of anilines is 2. The summed E-state index contributed by atoms with van der Waals surface area (Å²) in [4.78, 5) is 25.4. The monoisotopic (exact) mass is 392 g/mol. The molecule has 1 saturated carbocycles. The van der Waals surface area contributed by atoms with E-state index >= 15 is 0 Å². The summed E-state index contributed by atoms with van der Waals surface area (Å²) in [5.41, 5.74) is 2.07. The summed E-state index contributed by atoms with van der Waals surface area (Å²) in [7, 11) is 0. The summed E-state index contributed by atoms with van der Waals surface area (Å²) in [5, 5.41) is 10.2. The predicted octanol–water partition coefficient (Wildman–Crippen LogP) is 5.37. The normalized spacial score (nSPS) is 17.7. The first kappa shape index (κ1) is 18.1. The molecule has 30 heavy (non-hydrogen) atoms. The largest absolute Gasteiger partial charge is 0.326 e. The molecule has 1 aliphatic carbocycles. The zero-order chi connectivity index (χ0) is 20.7. The Hall–Kier alpha value is -3.92. The average Bonchev–Trinajstić information content (AvgIpc) is 3.45. The van der Waals surface area contributed by atoms with Crippen LogP contribution in [0.15, 0.2) is 97.1 Å². The lowest BCUT2D eigenvalue weighted by atomic mass is 10.1. The van der Waals surface area contributed by atoms with Gasteiger partial charge in [-0.15, -0.1) is 0 Å². The molecule has 4 heteroatoms. The van der Waals surface area contributed by atoms with Gasteiger partial charge in [-0.25, -0.2) is 0 Å². The van der Waals surface area contributed by atoms with Gasteiger partial charge in [0, 0.05) is 11.4 Å². The highest BCUT2D eigenvalue weighted by Crippen LogP contribution is 2.45. The maximum Gasteiger partial charge on any atom is 0.232 e. The van der Waals surface area contributed by atoms with E-state index in [0.717, 1.165) is 21.5 Å². The van der Waals surface area contributed by atoms with Gasteiger partial charge in [0.1, 0.15) is 0 Å². The molecule has 4 aromatic carbocycles. The maximum atomic E-state index is 12.7. The highest BCUT2D eigenvalue weighted by atomic mass is 16.2. The van der Waals surface area contributed by atoms with Crippen LogP contribution in [-0.2, 0) is 9.59 Å². The number of carbonyl (C=O) groups is 2. The Morgan fingerprint density at radius 3 is 1.43 bits per heavy atom. The highest BCUT2D eigenvalue weighted by molar-refractivity contribution is 6.09. The molecule has 0 spiro atoms. The molecule has 2 atom stereocenters. The Labute approximate surface area is 174 Å². The second kappa shape index (κ2) is 7.16. The topological polar surface area (TPSA) is 58.2 Å². The van der Waals surface area contributed by atoms with Gasteiger partial charge in [0.05, 0.1) is 11.8 Å². The third kappa shape index (κ3) is 3.33. The van der Waals surface area contributed by atoms with Gasteiger partial charge in [-0.05, 0) is 45.8 Å². The first-order valence-corrected chi connectivity index (χ1v) is 9.88. The summed E-state index contributed by atoms with van der Waals surface area (Å²) in [6.45, 7) is 3.93.